The Morgan fingerprint density at radius 3 is 2.67 bits per heavy atom. The zero-order valence-electron chi connectivity index (χ0n) is 12.9. The van der Waals surface area contributed by atoms with E-state index < -0.39 is 0 Å². The van der Waals surface area contributed by atoms with Crippen molar-refractivity contribution < 1.29 is 14.6 Å². The van der Waals surface area contributed by atoms with E-state index in [1.807, 2.05) is 20.8 Å². The predicted molar refractivity (Wildman–Crippen MR) is 80.3 cm³/mol. The summed E-state index contributed by atoms with van der Waals surface area (Å²) in [6.45, 7) is 5.94. The number of nitrogens with zero attached hydrogens (tertiary/aromatic N) is 1. The highest BCUT2D eigenvalue weighted by Gasteiger charge is 2.32. The minimum absolute atomic E-state index is 0.0630. The zero-order valence-corrected chi connectivity index (χ0v) is 12.9. The maximum Gasteiger partial charge on any atom is 0.253 e. The van der Waals surface area contributed by atoms with Crippen LogP contribution in [0.2, 0.25) is 0 Å². The van der Waals surface area contributed by atoms with Gasteiger partial charge in [-0.25, -0.2) is 4.98 Å². The van der Waals surface area contributed by atoms with Crippen molar-refractivity contribution in [3.05, 3.63) is 23.9 Å². The summed E-state index contributed by atoms with van der Waals surface area (Å²) >= 11 is 0. The molecule has 2 rings (SSSR count). The van der Waals surface area contributed by atoms with Gasteiger partial charge in [0.1, 0.15) is 5.60 Å². The molecule has 1 aliphatic rings. The molecule has 1 aromatic heterocycles. The highest BCUT2D eigenvalue weighted by molar-refractivity contribution is 5.94. The Labute approximate surface area is 125 Å². The van der Waals surface area contributed by atoms with Crippen LogP contribution in [-0.4, -0.2) is 34.2 Å². The first kappa shape index (κ1) is 15.8. The summed E-state index contributed by atoms with van der Waals surface area (Å²) < 4.78 is 5.63. The Bertz CT molecular complexity index is 475. The summed E-state index contributed by atoms with van der Waals surface area (Å²) in [6.07, 6.45) is 4.39. The van der Waals surface area contributed by atoms with E-state index in [4.69, 9.17) is 9.84 Å². The number of ether oxygens (including phenoxy) is 1. The van der Waals surface area contributed by atoms with E-state index >= 15 is 0 Å². The fraction of sp³-hybridized carbons (Fsp3) is 0.625. The summed E-state index contributed by atoms with van der Waals surface area (Å²) in [6, 6.07) is 3.48. The lowest BCUT2D eigenvalue weighted by Crippen LogP contribution is -2.37. The maximum atomic E-state index is 12.2. The number of aliphatic hydroxyl groups excluding tert-OH is 1. The molecule has 0 bridgehead atoms. The normalized spacial score (nSPS) is 16.4. The van der Waals surface area contributed by atoms with Crippen LogP contribution in [0.3, 0.4) is 0 Å². The topological polar surface area (TPSA) is 71.5 Å². The lowest BCUT2D eigenvalue weighted by atomic mass is 10.1. The maximum absolute atomic E-state index is 12.2. The van der Waals surface area contributed by atoms with E-state index in [1.165, 1.54) is 6.20 Å². The quantitative estimate of drug-likeness (QED) is 0.842. The van der Waals surface area contributed by atoms with Crippen molar-refractivity contribution >= 4 is 5.91 Å². The van der Waals surface area contributed by atoms with Gasteiger partial charge in [-0.2, -0.15) is 0 Å². The molecule has 0 aliphatic heterocycles. The number of rotatable bonds is 6. The summed E-state index contributed by atoms with van der Waals surface area (Å²) in [5.41, 5.74) is 0.203. The van der Waals surface area contributed by atoms with Gasteiger partial charge in [0.25, 0.3) is 5.91 Å². The number of hydrogen-bond donors (Lipinski definition) is 2. The molecule has 0 saturated heterocycles. The van der Waals surface area contributed by atoms with Gasteiger partial charge in [-0.05, 0) is 52.0 Å². The van der Waals surface area contributed by atoms with Crippen molar-refractivity contribution in [3.8, 4) is 5.88 Å². The molecule has 1 aromatic rings. The van der Waals surface area contributed by atoms with Gasteiger partial charge in [-0.3, -0.25) is 4.79 Å². The van der Waals surface area contributed by atoms with Crippen LogP contribution in [0.25, 0.3) is 0 Å². The van der Waals surface area contributed by atoms with Crippen molar-refractivity contribution in [3.63, 3.8) is 0 Å². The minimum Gasteiger partial charge on any atom is -0.472 e. The third kappa shape index (κ3) is 5.01. The second-order valence-corrected chi connectivity index (χ2v) is 6.53. The number of hydrogen-bond acceptors (Lipinski definition) is 4. The number of carbonyl (C=O) groups excluding carboxylic acids is 1. The molecule has 5 nitrogen and oxygen atoms in total. The molecule has 0 radical (unpaired) electrons. The van der Waals surface area contributed by atoms with Gasteiger partial charge < -0.3 is 15.2 Å². The number of carbonyl (C=O) groups is 1. The highest BCUT2D eigenvalue weighted by atomic mass is 16.5. The molecule has 0 spiro atoms. The van der Waals surface area contributed by atoms with E-state index in [0.717, 1.165) is 12.8 Å². The SMILES string of the molecule is CC(C)(C)Oc1ccc(C(=O)NC(CCO)C2CC2)cn1. The lowest BCUT2D eigenvalue weighted by molar-refractivity contribution is 0.0923. The molecular formula is C16H24N2O3. The Balaban J connectivity index is 1.95. The Hall–Kier alpha value is -1.62. The third-order valence-electron chi connectivity index (χ3n) is 3.36. The van der Waals surface area contributed by atoms with E-state index in [0.29, 0.717) is 23.8 Å². The molecule has 1 atom stereocenters. The van der Waals surface area contributed by atoms with E-state index in [9.17, 15) is 4.79 Å². The van der Waals surface area contributed by atoms with Crippen molar-refractivity contribution in [1.82, 2.24) is 10.3 Å². The first-order chi connectivity index (χ1) is 9.89. The van der Waals surface area contributed by atoms with Crippen molar-refractivity contribution in [2.24, 2.45) is 5.92 Å². The second-order valence-electron chi connectivity index (χ2n) is 6.53. The lowest BCUT2D eigenvalue weighted by Gasteiger charge is -2.20. The van der Waals surface area contributed by atoms with E-state index in [-0.39, 0.29) is 24.2 Å². The van der Waals surface area contributed by atoms with Gasteiger partial charge in [-0.1, -0.05) is 0 Å². The summed E-state index contributed by atoms with van der Waals surface area (Å²) in [5.74, 6) is 0.876. The van der Waals surface area contributed by atoms with Gasteiger partial charge in [-0.15, -0.1) is 0 Å². The highest BCUT2D eigenvalue weighted by Crippen LogP contribution is 2.34. The molecule has 1 aliphatic carbocycles. The number of pyridine rings is 1. The average Bonchev–Trinajstić information content (AvgIpc) is 3.21. The van der Waals surface area contributed by atoms with E-state index in [2.05, 4.69) is 10.3 Å². The zero-order chi connectivity index (χ0) is 15.5. The third-order valence-corrected chi connectivity index (χ3v) is 3.36. The summed E-state index contributed by atoms with van der Waals surface area (Å²) in [7, 11) is 0. The van der Waals surface area contributed by atoms with E-state index in [1.54, 1.807) is 12.1 Å². The van der Waals surface area contributed by atoms with Crippen LogP contribution < -0.4 is 10.1 Å². The van der Waals surface area contributed by atoms with Gasteiger partial charge in [0.05, 0.1) is 5.56 Å². The van der Waals surface area contributed by atoms with Crippen LogP contribution in [0.4, 0.5) is 0 Å². The first-order valence-electron chi connectivity index (χ1n) is 7.46. The molecule has 1 unspecified atom stereocenters. The number of aromatic nitrogens is 1. The van der Waals surface area contributed by atoms with Gasteiger partial charge in [0.15, 0.2) is 0 Å². The molecule has 5 heteroatoms. The summed E-state index contributed by atoms with van der Waals surface area (Å²) in [5, 5.41) is 12.0. The fourth-order valence-electron chi connectivity index (χ4n) is 2.20. The Kier molecular flexibility index (Phi) is 4.83. The molecule has 0 aromatic carbocycles. The smallest absolute Gasteiger partial charge is 0.253 e. The van der Waals surface area contributed by atoms with Gasteiger partial charge >= 0.3 is 0 Å². The molecule has 1 saturated carbocycles. The van der Waals surface area contributed by atoms with Crippen LogP contribution >= 0.6 is 0 Å². The number of amides is 1. The summed E-state index contributed by atoms with van der Waals surface area (Å²) in [4.78, 5) is 16.4. The Morgan fingerprint density at radius 1 is 1.48 bits per heavy atom. The predicted octanol–water partition coefficient (Wildman–Crippen LogP) is 2.15. The van der Waals surface area contributed by atoms with Crippen LogP contribution in [-0.2, 0) is 0 Å². The molecule has 1 amide bonds. The molecule has 1 fully saturated rings. The molecule has 2 N–H and O–H groups in total. The fourth-order valence-corrected chi connectivity index (χ4v) is 2.20. The standard InChI is InChI=1S/C16H24N2O3/c1-16(2,3)21-14-7-6-12(10-17-14)15(20)18-13(8-9-19)11-4-5-11/h6-7,10-11,13,19H,4-5,8-9H2,1-3H3,(H,18,20). The largest absolute Gasteiger partial charge is 0.472 e. The molecule has 21 heavy (non-hydrogen) atoms. The van der Waals surface area contributed by atoms with Crippen LogP contribution in [0.5, 0.6) is 5.88 Å². The molecular weight excluding hydrogens is 268 g/mol. The molecule has 116 valence electrons. The van der Waals surface area contributed by atoms with Gasteiger partial charge in [0.2, 0.25) is 5.88 Å². The van der Waals surface area contributed by atoms with Crippen molar-refractivity contribution in [2.75, 3.05) is 6.61 Å². The number of nitrogens with one attached hydrogen (secondary N) is 1. The monoisotopic (exact) mass is 292 g/mol. The number of aliphatic hydroxyl groups is 1. The minimum atomic E-state index is -0.311. The van der Waals surface area contributed by atoms with Gasteiger partial charge in [0, 0.05) is 24.9 Å². The van der Waals surface area contributed by atoms with Crippen LogP contribution in [0.15, 0.2) is 18.3 Å². The Morgan fingerprint density at radius 2 is 2.19 bits per heavy atom. The van der Waals surface area contributed by atoms with Crippen LogP contribution in [0, 0.1) is 5.92 Å². The first-order valence-corrected chi connectivity index (χ1v) is 7.46. The van der Waals surface area contributed by atoms with Crippen LogP contribution in [0.1, 0.15) is 50.4 Å². The van der Waals surface area contributed by atoms with Crippen molar-refractivity contribution in [2.45, 2.75) is 51.7 Å². The van der Waals surface area contributed by atoms with Crippen molar-refractivity contribution in [1.29, 1.82) is 0 Å². The average molecular weight is 292 g/mol. The second kappa shape index (κ2) is 6.43. The molecule has 1 heterocycles.